The number of aromatic nitrogens is 1. The fraction of sp³-hybridized carbons (Fsp3) is 0.333. The number of benzene rings is 2. The number of anilines is 1. The number of halogens is 1. The van der Waals surface area contributed by atoms with Crippen LogP contribution in [0.15, 0.2) is 42.5 Å². The number of rotatable bonds is 9. The van der Waals surface area contributed by atoms with Crippen LogP contribution in [0.2, 0.25) is 5.02 Å². The summed E-state index contributed by atoms with van der Waals surface area (Å²) >= 11 is 7.53. The van der Waals surface area contributed by atoms with Gasteiger partial charge in [-0.2, -0.15) is 0 Å². The molecule has 1 aromatic heterocycles. The van der Waals surface area contributed by atoms with Gasteiger partial charge in [0.05, 0.1) is 21.6 Å². The molecule has 7 nitrogen and oxygen atoms in total. The lowest BCUT2D eigenvalue weighted by Crippen LogP contribution is -2.39. The molecule has 0 atom stereocenters. The van der Waals surface area contributed by atoms with Crippen LogP contribution in [0, 0.1) is 10.1 Å². The third-order valence-corrected chi connectivity index (χ3v) is 6.18. The molecule has 9 heteroatoms. The highest BCUT2D eigenvalue weighted by molar-refractivity contribution is 7.22. The van der Waals surface area contributed by atoms with E-state index in [0.29, 0.717) is 16.7 Å². The average Bonchev–Trinajstić information content (AvgIpc) is 3.14. The van der Waals surface area contributed by atoms with Crippen molar-refractivity contribution >= 4 is 49.9 Å². The predicted octanol–water partition coefficient (Wildman–Crippen LogP) is 4.78. The molecule has 0 fully saturated rings. The van der Waals surface area contributed by atoms with E-state index in [1.54, 1.807) is 23.1 Å². The first kappa shape index (κ1) is 22.1. The lowest BCUT2D eigenvalue weighted by molar-refractivity contribution is -0.384. The molecule has 0 radical (unpaired) electrons. The van der Waals surface area contributed by atoms with Crippen molar-refractivity contribution in [3.8, 4) is 0 Å². The fourth-order valence-corrected chi connectivity index (χ4v) is 4.40. The van der Waals surface area contributed by atoms with Crippen molar-refractivity contribution < 1.29 is 9.72 Å². The first-order chi connectivity index (χ1) is 14.4. The molecule has 0 bridgehead atoms. The molecule has 1 amide bonds. The molecule has 1 heterocycles. The molecule has 0 unspecified atom stereocenters. The van der Waals surface area contributed by atoms with Gasteiger partial charge in [-0.25, -0.2) is 4.98 Å². The van der Waals surface area contributed by atoms with Gasteiger partial charge < -0.3 is 4.90 Å². The summed E-state index contributed by atoms with van der Waals surface area (Å²) in [5.74, 6) is -0.0961. The van der Waals surface area contributed by atoms with Crippen LogP contribution in [-0.4, -0.2) is 46.9 Å². The van der Waals surface area contributed by atoms with Crippen LogP contribution in [0.5, 0.6) is 0 Å². The summed E-state index contributed by atoms with van der Waals surface area (Å²) in [5, 5.41) is 12.1. The van der Waals surface area contributed by atoms with Crippen LogP contribution in [0.1, 0.15) is 19.4 Å². The molecule has 30 heavy (non-hydrogen) atoms. The largest absolute Gasteiger partial charge is 0.302 e. The molecule has 0 saturated heterocycles. The summed E-state index contributed by atoms with van der Waals surface area (Å²) < 4.78 is 0.925. The quantitative estimate of drug-likeness (QED) is 0.349. The van der Waals surface area contributed by atoms with Gasteiger partial charge in [0, 0.05) is 30.2 Å². The van der Waals surface area contributed by atoms with Gasteiger partial charge in [0.2, 0.25) is 5.91 Å². The molecule has 3 rings (SSSR count). The number of carbonyl (C=O) groups is 1. The summed E-state index contributed by atoms with van der Waals surface area (Å²) in [6.45, 7) is 7.22. The van der Waals surface area contributed by atoms with E-state index in [1.165, 1.54) is 23.5 Å². The second-order valence-corrected chi connectivity index (χ2v) is 8.23. The summed E-state index contributed by atoms with van der Waals surface area (Å²) in [6.07, 6.45) is 0.146. The Kier molecular flexibility index (Phi) is 7.36. The number of fused-ring (bicyclic) bond motifs is 1. The van der Waals surface area contributed by atoms with Gasteiger partial charge in [-0.3, -0.25) is 19.8 Å². The van der Waals surface area contributed by atoms with Crippen LogP contribution in [-0.2, 0) is 11.2 Å². The topological polar surface area (TPSA) is 79.6 Å². The van der Waals surface area contributed by atoms with Crippen molar-refractivity contribution in [3.05, 3.63) is 63.2 Å². The Morgan fingerprint density at radius 1 is 1.13 bits per heavy atom. The van der Waals surface area contributed by atoms with Crippen LogP contribution >= 0.6 is 22.9 Å². The first-order valence-electron chi connectivity index (χ1n) is 9.73. The maximum absolute atomic E-state index is 13.2. The van der Waals surface area contributed by atoms with E-state index in [0.717, 1.165) is 35.4 Å². The molecule has 3 aromatic rings. The highest BCUT2D eigenvalue weighted by atomic mass is 35.5. The second-order valence-electron chi connectivity index (χ2n) is 6.78. The normalized spacial score (nSPS) is 11.2. The maximum atomic E-state index is 13.2. The van der Waals surface area contributed by atoms with Crippen molar-refractivity contribution in [1.29, 1.82) is 0 Å². The number of hydrogen-bond donors (Lipinski definition) is 0. The Bertz CT molecular complexity index is 1030. The zero-order valence-corrected chi connectivity index (χ0v) is 18.4. The number of non-ortho nitro benzene ring substituents is 1. The average molecular weight is 447 g/mol. The number of nitro groups is 1. The van der Waals surface area contributed by atoms with Gasteiger partial charge in [0.15, 0.2) is 5.13 Å². The molecule has 2 aromatic carbocycles. The van der Waals surface area contributed by atoms with Gasteiger partial charge in [-0.05, 0) is 36.9 Å². The Labute approximate surface area is 184 Å². The Morgan fingerprint density at radius 2 is 1.83 bits per heavy atom. The maximum Gasteiger partial charge on any atom is 0.269 e. The molecule has 0 aliphatic carbocycles. The summed E-state index contributed by atoms with van der Waals surface area (Å²) in [6, 6.07) is 11.6. The SMILES string of the molecule is CCN(CC)CCN(C(=O)Cc1ccc([N+](=O)[O-])cc1)c1nc2ccc(Cl)cc2s1. The van der Waals surface area contributed by atoms with Crippen molar-refractivity contribution in [2.75, 3.05) is 31.1 Å². The van der Waals surface area contributed by atoms with Crippen LogP contribution < -0.4 is 4.90 Å². The monoisotopic (exact) mass is 446 g/mol. The van der Waals surface area contributed by atoms with E-state index in [4.69, 9.17) is 11.6 Å². The Hall–Kier alpha value is -2.55. The Balaban J connectivity index is 1.85. The van der Waals surface area contributed by atoms with Crippen molar-refractivity contribution in [2.24, 2.45) is 0 Å². The lowest BCUT2D eigenvalue weighted by Gasteiger charge is -2.24. The predicted molar refractivity (Wildman–Crippen MR) is 122 cm³/mol. The number of carbonyl (C=O) groups excluding carboxylic acids is 1. The van der Waals surface area contributed by atoms with E-state index in [2.05, 4.69) is 23.7 Å². The minimum Gasteiger partial charge on any atom is -0.302 e. The van der Waals surface area contributed by atoms with Crippen LogP contribution in [0.3, 0.4) is 0 Å². The van der Waals surface area contributed by atoms with Crippen molar-refractivity contribution in [2.45, 2.75) is 20.3 Å². The van der Waals surface area contributed by atoms with E-state index >= 15 is 0 Å². The van der Waals surface area contributed by atoms with Gasteiger partial charge in [-0.1, -0.05) is 48.9 Å². The molecule has 0 N–H and O–H groups in total. The molecule has 158 valence electrons. The molecular weight excluding hydrogens is 424 g/mol. The van der Waals surface area contributed by atoms with Gasteiger partial charge in [-0.15, -0.1) is 0 Å². The summed E-state index contributed by atoms with van der Waals surface area (Å²) in [5.41, 5.74) is 1.53. The van der Waals surface area contributed by atoms with Gasteiger partial charge in [0.1, 0.15) is 0 Å². The number of hydrogen-bond acceptors (Lipinski definition) is 6. The van der Waals surface area contributed by atoms with E-state index < -0.39 is 4.92 Å². The van der Waals surface area contributed by atoms with Crippen molar-refractivity contribution in [3.63, 3.8) is 0 Å². The van der Waals surface area contributed by atoms with Gasteiger partial charge >= 0.3 is 0 Å². The molecular formula is C21H23ClN4O3S. The number of thiazole rings is 1. The lowest BCUT2D eigenvalue weighted by atomic mass is 10.1. The second kappa shape index (κ2) is 9.97. The number of nitrogens with zero attached hydrogens (tertiary/aromatic N) is 4. The number of nitro benzene ring substituents is 1. The molecule has 0 saturated carbocycles. The number of likely N-dealkylation sites (N-methyl/N-ethyl adjacent to an activating group) is 1. The third kappa shape index (κ3) is 5.33. The van der Waals surface area contributed by atoms with Crippen LogP contribution in [0.4, 0.5) is 10.8 Å². The van der Waals surface area contributed by atoms with Gasteiger partial charge in [0.25, 0.3) is 5.69 Å². The zero-order chi connectivity index (χ0) is 21.7. The Morgan fingerprint density at radius 3 is 2.47 bits per heavy atom. The highest BCUT2D eigenvalue weighted by Crippen LogP contribution is 2.31. The zero-order valence-electron chi connectivity index (χ0n) is 16.9. The van der Waals surface area contributed by atoms with Crippen LogP contribution in [0.25, 0.3) is 10.2 Å². The summed E-state index contributed by atoms with van der Waals surface area (Å²) in [7, 11) is 0. The van der Waals surface area contributed by atoms with Crippen molar-refractivity contribution in [1.82, 2.24) is 9.88 Å². The molecule has 0 spiro atoms. The minimum atomic E-state index is -0.450. The van der Waals surface area contributed by atoms with E-state index in [1.807, 2.05) is 12.1 Å². The minimum absolute atomic E-state index is 0.00707. The number of amides is 1. The molecule has 0 aliphatic heterocycles. The first-order valence-corrected chi connectivity index (χ1v) is 10.9. The third-order valence-electron chi connectivity index (χ3n) is 4.91. The van der Waals surface area contributed by atoms with E-state index in [-0.39, 0.29) is 18.0 Å². The highest BCUT2D eigenvalue weighted by Gasteiger charge is 2.21. The van der Waals surface area contributed by atoms with E-state index in [9.17, 15) is 14.9 Å². The summed E-state index contributed by atoms with van der Waals surface area (Å²) in [4.78, 5) is 32.2. The molecule has 0 aliphatic rings. The smallest absolute Gasteiger partial charge is 0.269 e. The standard InChI is InChI=1S/C21H23ClN4O3S/c1-3-24(4-2)11-12-25(21-23-18-10-7-16(22)14-19(18)30-21)20(27)13-15-5-8-17(9-6-15)26(28)29/h5-10,14H,3-4,11-13H2,1-2H3. The fourth-order valence-electron chi connectivity index (χ4n) is 3.12.